The zero-order valence-electron chi connectivity index (χ0n) is 19.6. The Morgan fingerprint density at radius 1 is 1.21 bits per heavy atom. The summed E-state index contributed by atoms with van der Waals surface area (Å²) in [4.78, 5) is 24.7. The van der Waals surface area contributed by atoms with Crippen molar-refractivity contribution in [3.05, 3.63) is 60.3 Å². The Balaban J connectivity index is 1.63. The molecule has 2 aromatic carbocycles. The van der Waals surface area contributed by atoms with E-state index in [9.17, 15) is 4.79 Å². The number of morpholine rings is 1. The van der Waals surface area contributed by atoms with Crippen LogP contribution in [0.15, 0.2) is 59.5 Å². The lowest BCUT2D eigenvalue weighted by atomic mass is 10.2. The lowest BCUT2D eigenvalue weighted by molar-refractivity contribution is 0.0985. The van der Waals surface area contributed by atoms with E-state index in [0.29, 0.717) is 30.5 Å². The minimum absolute atomic E-state index is 0.227. The summed E-state index contributed by atoms with van der Waals surface area (Å²) in [5.74, 6) is 3.07. The maximum absolute atomic E-state index is 11.6. The molecule has 4 rings (SSSR count). The molecule has 34 heavy (non-hydrogen) atoms. The van der Waals surface area contributed by atoms with Gasteiger partial charge in [-0.3, -0.25) is 0 Å². The number of rotatable bonds is 7. The number of nitrogens with zero attached hydrogens (tertiary/aromatic N) is 3. The van der Waals surface area contributed by atoms with Gasteiger partial charge < -0.3 is 25.0 Å². The molecule has 1 aromatic heterocycles. The van der Waals surface area contributed by atoms with Gasteiger partial charge in [0.2, 0.25) is 0 Å². The van der Waals surface area contributed by atoms with E-state index in [2.05, 4.69) is 34.6 Å². The van der Waals surface area contributed by atoms with Crippen LogP contribution in [0.3, 0.4) is 0 Å². The van der Waals surface area contributed by atoms with Crippen LogP contribution < -0.4 is 20.3 Å². The van der Waals surface area contributed by atoms with Crippen molar-refractivity contribution in [1.29, 1.82) is 0 Å². The second-order valence-corrected chi connectivity index (χ2v) is 8.90. The fourth-order valence-electron chi connectivity index (χ4n) is 3.69. The molecule has 9 heteroatoms. The van der Waals surface area contributed by atoms with Crippen LogP contribution in [0.25, 0.3) is 11.4 Å². The zero-order valence-corrected chi connectivity index (χ0v) is 20.4. The molecule has 0 spiro atoms. The summed E-state index contributed by atoms with van der Waals surface area (Å²) in [5, 5.41) is 5.32. The first kappa shape index (κ1) is 23.8. The summed E-state index contributed by atoms with van der Waals surface area (Å²) < 4.78 is 11.1. The molecule has 2 amide bonds. The van der Waals surface area contributed by atoms with E-state index in [-0.39, 0.29) is 12.1 Å². The lowest BCUT2D eigenvalue weighted by Gasteiger charge is -2.34. The number of methoxy groups -OCH3 is 1. The van der Waals surface area contributed by atoms with E-state index in [1.165, 1.54) is 0 Å². The summed E-state index contributed by atoms with van der Waals surface area (Å²) in [6.45, 7) is 4.27. The number of nitrogens with one attached hydrogen (secondary N) is 2. The van der Waals surface area contributed by atoms with Crippen molar-refractivity contribution in [1.82, 2.24) is 15.3 Å². The summed E-state index contributed by atoms with van der Waals surface area (Å²) in [6, 6.07) is 17.6. The number of urea groups is 1. The molecule has 1 aliphatic heterocycles. The van der Waals surface area contributed by atoms with Gasteiger partial charge in [0, 0.05) is 41.6 Å². The van der Waals surface area contributed by atoms with E-state index in [1.807, 2.05) is 42.5 Å². The Bertz CT molecular complexity index is 1130. The Morgan fingerprint density at radius 3 is 2.74 bits per heavy atom. The summed E-state index contributed by atoms with van der Waals surface area (Å²) in [6.07, 6.45) is 0. The highest BCUT2D eigenvalue weighted by Gasteiger charge is 2.22. The fourth-order valence-corrected chi connectivity index (χ4v) is 4.61. The summed E-state index contributed by atoms with van der Waals surface area (Å²) in [7, 11) is 3.27. The first-order valence-electron chi connectivity index (χ1n) is 11.1. The average Bonchev–Trinajstić information content (AvgIpc) is 2.88. The third-order valence-corrected chi connectivity index (χ3v) is 6.59. The molecule has 0 radical (unpaired) electrons. The van der Waals surface area contributed by atoms with Crippen molar-refractivity contribution in [3.8, 4) is 17.1 Å². The average molecular weight is 480 g/mol. The molecule has 0 bridgehead atoms. The number of benzene rings is 2. The lowest BCUT2D eigenvalue weighted by Crippen LogP contribution is -2.44. The minimum Gasteiger partial charge on any atom is -0.496 e. The van der Waals surface area contributed by atoms with Crippen LogP contribution in [0.4, 0.5) is 16.3 Å². The Morgan fingerprint density at radius 2 is 2.00 bits per heavy atom. The van der Waals surface area contributed by atoms with E-state index >= 15 is 0 Å². The van der Waals surface area contributed by atoms with Crippen molar-refractivity contribution < 1.29 is 14.3 Å². The molecule has 1 fully saturated rings. The zero-order chi connectivity index (χ0) is 23.9. The molecule has 3 aromatic rings. The summed E-state index contributed by atoms with van der Waals surface area (Å²) >= 11 is 1.68. The quantitative estimate of drug-likeness (QED) is 0.485. The Hall–Kier alpha value is -3.30. The number of para-hydroxylation sites is 1. The van der Waals surface area contributed by atoms with Crippen LogP contribution >= 0.6 is 11.8 Å². The number of thioether (sulfide) groups is 1. The number of carbonyl (C=O) groups is 1. The van der Waals surface area contributed by atoms with Gasteiger partial charge in [-0.15, -0.1) is 11.8 Å². The third kappa shape index (κ3) is 5.78. The Kier molecular flexibility index (Phi) is 7.87. The van der Waals surface area contributed by atoms with Crippen molar-refractivity contribution in [3.63, 3.8) is 0 Å². The standard InChI is InChI=1S/C25H29N5O3S/c1-17-15-33-13-12-30(17)23-14-20(16-34-22-7-5-4-6-21(22)32-3)27-24(29-23)18-8-10-19(11-9-18)28-25(31)26-2/h4-11,14,17H,12-13,15-16H2,1-3H3,(H2,26,28,31)/t17-/m0/s1. The largest absolute Gasteiger partial charge is 0.496 e. The van der Waals surface area contributed by atoms with Crippen LogP contribution in [-0.4, -0.2) is 56.0 Å². The van der Waals surface area contributed by atoms with Crippen molar-refractivity contribution >= 4 is 29.3 Å². The van der Waals surface area contributed by atoms with Gasteiger partial charge in [-0.1, -0.05) is 12.1 Å². The molecule has 1 saturated heterocycles. The van der Waals surface area contributed by atoms with Crippen molar-refractivity contribution in [2.24, 2.45) is 0 Å². The number of hydrogen-bond donors (Lipinski definition) is 2. The Labute approximate surface area is 204 Å². The first-order valence-corrected chi connectivity index (χ1v) is 12.1. The molecule has 1 atom stereocenters. The number of carbonyl (C=O) groups excluding carboxylic acids is 1. The van der Waals surface area contributed by atoms with Crippen molar-refractivity contribution in [2.75, 3.05) is 44.1 Å². The monoisotopic (exact) mass is 479 g/mol. The number of amides is 2. The molecule has 0 saturated carbocycles. The number of ether oxygens (including phenoxy) is 2. The second kappa shape index (κ2) is 11.2. The van der Waals surface area contributed by atoms with Gasteiger partial charge in [0.1, 0.15) is 11.6 Å². The molecule has 1 aliphatic rings. The van der Waals surface area contributed by atoms with Gasteiger partial charge in [0.25, 0.3) is 0 Å². The maximum Gasteiger partial charge on any atom is 0.318 e. The van der Waals surface area contributed by atoms with Crippen LogP contribution in [0.5, 0.6) is 5.75 Å². The van der Waals surface area contributed by atoms with Gasteiger partial charge >= 0.3 is 6.03 Å². The predicted octanol–water partition coefficient (Wildman–Crippen LogP) is 4.42. The molecule has 2 heterocycles. The fraction of sp³-hybridized carbons (Fsp3) is 0.320. The highest BCUT2D eigenvalue weighted by Crippen LogP contribution is 2.32. The molecule has 2 N–H and O–H groups in total. The van der Waals surface area contributed by atoms with Gasteiger partial charge in [-0.05, 0) is 43.3 Å². The molecule has 178 valence electrons. The number of anilines is 2. The summed E-state index contributed by atoms with van der Waals surface area (Å²) in [5.41, 5.74) is 2.52. The van der Waals surface area contributed by atoms with Gasteiger partial charge in [-0.25, -0.2) is 14.8 Å². The molecular weight excluding hydrogens is 450 g/mol. The molecule has 8 nitrogen and oxygen atoms in total. The van der Waals surface area contributed by atoms with Crippen LogP contribution in [0.1, 0.15) is 12.6 Å². The van der Waals surface area contributed by atoms with E-state index in [0.717, 1.165) is 34.3 Å². The topological polar surface area (TPSA) is 88.6 Å². The highest BCUT2D eigenvalue weighted by molar-refractivity contribution is 7.98. The normalized spacial score (nSPS) is 15.6. The van der Waals surface area contributed by atoms with Crippen LogP contribution in [-0.2, 0) is 10.5 Å². The first-order chi connectivity index (χ1) is 16.6. The third-order valence-electron chi connectivity index (χ3n) is 5.50. The molecular formula is C25H29N5O3S. The van der Waals surface area contributed by atoms with E-state index in [1.54, 1.807) is 25.9 Å². The van der Waals surface area contributed by atoms with Gasteiger partial charge in [-0.2, -0.15) is 0 Å². The van der Waals surface area contributed by atoms with Gasteiger partial charge in [0.05, 0.1) is 32.1 Å². The van der Waals surface area contributed by atoms with Gasteiger partial charge in [0.15, 0.2) is 5.82 Å². The number of aromatic nitrogens is 2. The smallest absolute Gasteiger partial charge is 0.318 e. The molecule has 0 unspecified atom stereocenters. The maximum atomic E-state index is 11.6. The predicted molar refractivity (Wildman–Crippen MR) is 136 cm³/mol. The van der Waals surface area contributed by atoms with E-state index in [4.69, 9.17) is 19.4 Å². The van der Waals surface area contributed by atoms with Crippen LogP contribution in [0.2, 0.25) is 0 Å². The SMILES string of the molecule is CNC(=O)Nc1ccc(-c2nc(CSc3ccccc3OC)cc(N3CCOC[C@@H]3C)n2)cc1. The highest BCUT2D eigenvalue weighted by atomic mass is 32.2. The second-order valence-electron chi connectivity index (χ2n) is 7.88. The molecule has 0 aliphatic carbocycles. The number of hydrogen-bond acceptors (Lipinski definition) is 7. The van der Waals surface area contributed by atoms with Crippen molar-refractivity contribution in [2.45, 2.75) is 23.6 Å². The minimum atomic E-state index is -0.261. The van der Waals surface area contributed by atoms with Crippen LogP contribution in [0, 0.1) is 0 Å². The van der Waals surface area contributed by atoms with E-state index < -0.39 is 0 Å².